The van der Waals surface area contributed by atoms with Crippen LogP contribution in [0.1, 0.15) is 0 Å². The molecule has 0 aliphatic carbocycles. The number of aldehydes is 1. The Kier molecular flexibility index (Phi) is 11.9. The van der Waals surface area contributed by atoms with Gasteiger partial charge in [0.15, 0.2) is 25.2 Å². The van der Waals surface area contributed by atoms with Gasteiger partial charge in [0.2, 0.25) is 0 Å². The number of carbonyl (C=O) groups is 1. The van der Waals surface area contributed by atoms with Gasteiger partial charge in [0, 0.05) is 0 Å². The van der Waals surface area contributed by atoms with Crippen LogP contribution in [-0.2, 0) is 33.2 Å². The van der Waals surface area contributed by atoms with E-state index >= 15 is 0 Å². The number of ether oxygens (including phenoxy) is 6. The predicted octanol–water partition coefficient (Wildman–Crippen LogP) is -7.99. The minimum Gasteiger partial charge on any atom is -0.394 e. The van der Waals surface area contributed by atoms with Crippen molar-refractivity contribution in [2.45, 2.75) is 98.2 Å². The summed E-state index contributed by atoms with van der Waals surface area (Å²) in [5.74, 6) is 0. The molecule has 18 heteroatoms. The number of hydrogen-bond donors (Lipinski definition) is 11. The molecule has 3 rings (SSSR count). The lowest BCUT2D eigenvalue weighted by atomic mass is 9.96. The van der Waals surface area contributed by atoms with Crippen LogP contribution in [0.4, 0.5) is 0 Å². The number of carbonyl (C=O) groups excluding carboxylic acids is 1. The van der Waals surface area contributed by atoms with Crippen LogP contribution in [0.15, 0.2) is 0 Å². The second kappa shape index (κ2) is 14.2. The van der Waals surface area contributed by atoms with E-state index < -0.39 is 125 Å². The Labute approximate surface area is 221 Å². The molecule has 3 saturated heterocycles. The zero-order valence-electron chi connectivity index (χ0n) is 20.4. The Balaban J connectivity index is 1.87. The van der Waals surface area contributed by atoms with E-state index in [-0.39, 0.29) is 6.29 Å². The third-order valence-electron chi connectivity index (χ3n) is 6.67. The Hall–Kier alpha value is -1.01. The monoisotopic (exact) mass is 576 g/mol. The Morgan fingerprint density at radius 1 is 0.590 bits per heavy atom. The molecule has 0 aromatic rings. The number of hydrogen-bond acceptors (Lipinski definition) is 18. The van der Waals surface area contributed by atoms with Crippen molar-refractivity contribution in [3.8, 4) is 0 Å². The maximum atomic E-state index is 10.8. The van der Waals surface area contributed by atoms with Crippen LogP contribution >= 0.6 is 0 Å². The van der Waals surface area contributed by atoms with Gasteiger partial charge in [-0.1, -0.05) is 0 Å². The highest BCUT2D eigenvalue weighted by Crippen LogP contribution is 2.33. The molecule has 0 radical (unpaired) electrons. The highest BCUT2D eigenvalue weighted by atomic mass is 16.8. The second-order valence-electron chi connectivity index (χ2n) is 9.35. The molecule has 3 aliphatic heterocycles. The first-order valence-corrected chi connectivity index (χ1v) is 12.1. The average Bonchev–Trinajstić information content (AvgIpc) is 2.93. The minimum absolute atomic E-state index is 0.145. The van der Waals surface area contributed by atoms with Crippen molar-refractivity contribution in [1.29, 1.82) is 0 Å². The molecule has 0 aromatic heterocycles. The molecule has 0 saturated carbocycles. The molecular formula is C21H36O18. The number of aliphatic hydroxyl groups is 11. The Bertz CT molecular complexity index is 758. The molecule has 3 aliphatic rings. The summed E-state index contributed by atoms with van der Waals surface area (Å²) in [7, 11) is 0. The van der Waals surface area contributed by atoms with E-state index in [1.165, 1.54) is 0 Å². The van der Waals surface area contributed by atoms with Gasteiger partial charge in [0.1, 0.15) is 79.4 Å². The van der Waals surface area contributed by atoms with Crippen LogP contribution in [0.2, 0.25) is 0 Å². The highest BCUT2D eigenvalue weighted by Gasteiger charge is 2.54. The zero-order chi connectivity index (χ0) is 29.0. The van der Waals surface area contributed by atoms with Crippen molar-refractivity contribution in [3.05, 3.63) is 0 Å². The van der Waals surface area contributed by atoms with Gasteiger partial charge in [-0.15, -0.1) is 0 Å². The van der Waals surface area contributed by atoms with Crippen LogP contribution in [0.25, 0.3) is 0 Å². The molecule has 0 bridgehead atoms. The molecule has 39 heavy (non-hydrogen) atoms. The van der Waals surface area contributed by atoms with Crippen molar-refractivity contribution in [2.75, 3.05) is 26.4 Å². The molecule has 3 heterocycles. The largest absolute Gasteiger partial charge is 0.394 e. The van der Waals surface area contributed by atoms with Crippen molar-refractivity contribution < 1.29 is 89.4 Å². The fraction of sp³-hybridized carbons (Fsp3) is 0.952. The third-order valence-corrected chi connectivity index (χ3v) is 6.67. The highest BCUT2D eigenvalue weighted by molar-refractivity contribution is 5.55. The molecule has 0 unspecified atom stereocenters. The van der Waals surface area contributed by atoms with Gasteiger partial charge in [0.25, 0.3) is 0 Å². The number of aliphatic hydroxyl groups excluding tert-OH is 11. The lowest BCUT2D eigenvalue weighted by Crippen LogP contribution is -2.67. The van der Waals surface area contributed by atoms with E-state index in [9.17, 15) is 61.0 Å². The lowest BCUT2D eigenvalue weighted by Gasteiger charge is -2.48. The zero-order valence-corrected chi connectivity index (χ0v) is 20.4. The molecule has 0 spiro atoms. The summed E-state index contributed by atoms with van der Waals surface area (Å²) < 4.78 is 32.6. The van der Waals surface area contributed by atoms with Crippen LogP contribution < -0.4 is 0 Å². The summed E-state index contributed by atoms with van der Waals surface area (Å²) in [5, 5.41) is 111. The lowest BCUT2D eigenvalue weighted by molar-refractivity contribution is -0.394. The van der Waals surface area contributed by atoms with Gasteiger partial charge in [-0.25, -0.2) is 0 Å². The molecule has 18 nitrogen and oxygen atoms in total. The summed E-state index contributed by atoms with van der Waals surface area (Å²) in [6.45, 7) is -3.08. The van der Waals surface area contributed by atoms with Crippen molar-refractivity contribution in [3.63, 3.8) is 0 Å². The van der Waals surface area contributed by atoms with Crippen LogP contribution in [0.3, 0.4) is 0 Å². The summed E-state index contributed by atoms with van der Waals surface area (Å²) in [6.07, 6.45) is -27.5. The smallest absolute Gasteiger partial charge is 0.187 e. The summed E-state index contributed by atoms with van der Waals surface area (Å²) in [6, 6.07) is 0. The van der Waals surface area contributed by atoms with Crippen LogP contribution in [0.5, 0.6) is 0 Å². The Morgan fingerprint density at radius 3 is 1.49 bits per heavy atom. The van der Waals surface area contributed by atoms with Crippen molar-refractivity contribution >= 4 is 6.29 Å². The summed E-state index contributed by atoms with van der Waals surface area (Å²) in [5.41, 5.74) is 0. The van der Waals surface area contributed by atoms with E-state index in [2.05, 4.69) is 0 Å². The topological polar surface area (TPSA) is 295 Å². The predicted molar refractivity (Wildman–Crippen MR) is 117 cm³/mol. The fourth-order valence-electron chi connectivity index (χ4n) is 4.37. The third kappa shape index (κ3) is 7.08. The van der Waals surface area contributed by atoms with Gasteiger partial charge in [-0.2, -0.15) is 0 Å². The van der Waals surface area contributed by atoms with Gasteiger partial charge < -0.3 is 89.4 Å². The SMILES string of the molecule is O=C[C@@H](O)CO[C@@H]1O[C@H](CO)[C@H](O)[C@H](O)[C@H]1O[C@@H]1O[C@H](CO)[C@H](O)[C@H](O)[C@H]1O[C@@H]1O[C@H](CO)[C@H](O)[C@H](O)[C@H]1O. The van der Waals surface area contributed by atoms with Gasteiger partial charge in [-0.3, -0.25) is 0 Å². The van der Waals surface area contributed by atoms with E-state index in [1.807, 2.05) is 0 Å². The van der Waals surface area contributed by atoms with Crippen LogP contribution in [0, 0.1) is 0 Å². The van der Waals surface area contributed by atoms with Gasteiger partial charge >= 0.3 is 0 Å². The quantitative estimate of drug-likeness (QED) is 0.102. The molecule has 11 N–H and O–H groups in total. The van der Waals surface area contributed by atoms with Crippen molar-refractivity contribution in [1.82, 2.24) is 0 Å². The van der Waals surface area contributed by atoms with E-state index in [1.54, 1.807) is 0 Å². The number of rotatable bonds is 11. The first kappa shape index (κ1) is 32.5. The van der Waals surface area contributed by atoms with E-state index in [4.69, 9.17) is 28.4 Å². The normalized spacial score (nSPS) is 48.0. The average molecular weight is 577 g/mol. The maximum absolute atomic E-state index is 10.8. The van der Waals surface area contributed by atoms with Crippen LogP contribution in [-0.4, -0.2) is 187 Å². The summed E-state index contributed by atoms with van der Waals surface area (Å²) in [4.78, 5) is 10.8. The molecule has 228 valence electrons. The first-order chi connectivity index (χ1) is 18.5. The van der Waals surface area contributed by atoms with E-state index in [0.717, 1.165) is 0 Å². The minimum atomic E-state index is -1.93. The van der Waals surface area contributed by atoms with E-state index in [0.29, 0.717) is 0 Å². The second-order valence-corrected chi connectivity index (χ2v) is 9.35. The molecule has 0 amide bonds. The molecular weight excluding hydrogens is 540 g/mol. The molecule has 0 aromatic carbocycles. The molecule has 16 atom stereocenters. The molecule has 3 fully saturated rings. The maximum Gasteiger partial charge on any atom is 0.187 e. The summed E-state index contributed by atoms with van der Waals surface area (Å²) >= 11 is 0. The van der Waals surface area contributed by atoms with Crippen molar-refractivity contribution in [2.24, 2.45) is 0 Å². The van der Waals surface area contributed by atoms with Gasteiger partial charge in [-0.05, 0) is 0 Å². The first-order valence-electron chi connectivity index (χ1n) is 12.1. The fourth-order valence-corrected chi connectivity index (χ4v) is 4.37. The Morgan fingerprint density at radius 2 is 1.00 bits per heavy atom. The van der Waals surface area contributed by atoms with Gasteiger partial charge in [0.05, 0.1) is 26.4 Å². The standard InChI is InChI=1S/C21H36O18/c22-1-6(26)5-34-20-17(14(31)11(28)8(3-24)36-20)39-21-18(15(32)12(29)9(4-25)37-21)38-19-16(33)13(30)10(27)7(2-23)35-19/h1,6-21,23-33H,2-5H2/t6-,7-,8-,9-,10+,11+,12+,13+,14+,15+,16-,17-,18-,19+,20-,21+/m1/s1.